The first-order valence-electron chi connectivity index (χ1n) is 22.0. The molecule has 0 unspecified atom stereocenters. The second-order valence-electron chi connectivity index (χ2n) is 16.8. The van der Waals surface area contributed by atoms with Gasteiger partial charge in [-0.15, -0.1) is 0 Å². The molecular weight excluding hydrogens is 777 g/mol. The normalized spacial score (nSPS) is 12.8. The first-order chi connectivity index (χ1) is 31.8. The largest absolute Gasteiger partial charge is 0.456 e. The number of aromatic nitrogens is 1. The molecule has 3 nitrogen and oxygen atoms in total. The van der Waals surface area contributed by atoms with E-state index in [-0.39, 0.29) is 0 Å². The third-order valence-corrected chi connectivity index (χ3v) is 13.4. The second kappa shape index (κ2) is 14.3. The highest BCUT2D eigenvalue weighted by atomic mass is 16.3. The minimum Gasteiger partial charge on any atom is -0.456 e. The molecule has 0 aliphatic heterocycles. The minimum absolute atomic E-state index is 0.467. The van der Waals surface area contributed by atoms with E-state index in [1.165, 1.54) is 55.3 Å². The molecule has 0 spiro atoms. The summed E-state index contributed by atoms with van der Waals surface area (Å²) in [5, 5.41) is 4.61. The maximum Gasteiger partial charge on any atom is 0.137 e. The molecule has 2 heterocycles. The lowest BCUT2D eigenvalue weighted by atomic mass is 9.67. The maximum atomic E-state index is 6.46. The van der Waals surface area contributed by atoms with Crippen LogP contribution in [0, 0.1) is 0 Å². The van der Waals surface area contributed by atoms with Crippen molar-refractivity contribution in [3.63, 3.8) is 0 Å². The van der Waals surface area contributed by atoms with E-state index in [9.17, 15) is 0 Å². The fourth-order valence-electron chi connectivity index (χ4n) is 10.9. The van der Waals surface area contributed by atoms with Gasteiger partial charge in [-0.2, -0.15) is 0 Å². The summed E-state index contributed by atoms with van der Waals surface area (Å²) in [6.45, 7) is 0. The topological polar surface area (TPSA) is 21.3 Å². The highest BCUT2D eigenvalue weighted by Crippen LogP contribution is 2.58. The Kier molecular flexibility index (Phi) is 8.13. The Morgan fingerprint density at radius 2 is 1.00 bits per heavy atom. The zero-order valence-corrected chi connectivity index (χ0v) is 34.9. The first-order valence-corrected chi connectivity index (χ1v) is 22.0. The second-order valence-corrected chi connectivity index (χ2v) is 16.8. The van der Waals surface area contributed by atoms with Crippen molar-refractivity contribution in [2.45, 2.75) is 5.41 Å². The van der Waals surface area contributed by atoms with Crippen molar-refractivity contribution in [2.75, 3.05) is 4.90 Å². The Labute approximate surface area is 371 Å². The molecule has 12 aromatic rings. The van der Waals surface area contributed by atoms with Gasteiger partial charge in [0.15, 0.2) is 0 Å². The lowest BCUT2D eigenvalue weighted by molar-refractivity contribution is 0.669. The molecule has 0 amide bonds. The number of nitrogens with zero attached hydrogens (tertiary/aromatic N) is 2. The summed E-state index contributed by atoms with van der Waals surface area (Å²) in [6, 6.07) is 88.2. The lowest BCUT2D eigenvalue weighted by Gasteiger charge is -2.34. The standard InChI is InChI=1S/C61H40N2O/c1-4-20-42(21-5-1)61(43-22-6-2-7-23-43)52-31-13-10-28-50(52)59-47(30-17-32-53(59)61)41-19-16-26-45(39-41)63-54-33-14-11-29-51(54)60-55(34-18-35-56(60)63)62(44-24-8-3-9-25-44)46-37-38-49-48-27-12-15-36-57(48)64-58(49)40-46/h1-40H. The smallest absolute Gasteiger partial charge is 0.137 e. The number of para-hydroxylation sites is 3. The van der Waals surface area contributed by atoms with Gasteiger partial charge in [0.05, 0.1) is 22.1 Å². The van der Waals surface area contributed by atoms with Gasteiger partial charge in [-0.05, 0) is 105 Å². The van der Waals surface area contributed by atoms with Crippen LogP contribution in [0.25, 0.3) is 71.7 Å². The molecule has 64 heavy (non-hydrogen) atoms. The van der Waals surface area contributed by atoms with Crippen molar-refractivity contribution in [3.05, 3.63) is 265 Å². The molecule has 0 fully saturated rings. The number of hydrogen-bond donors (Lipinski definition) is 0. The Morgan fingerprint density at radius 1 is 0.391 bits per heavy atom. The molecule has 0 radical (unpaired) electrons. The van der Waals surface area contributed by atoms with Gasteiger partial charge in [0, 0.05) is 44.7 Å². The number of furan rings is 1. The number of anilines is 3. The van der Waals surface area contributed by atoms with Crippen molar-refractivity contribution in [3.8, 4) is 27.9 Å². The predicted molar refractivity (Wildman–Crippen MR) is 265 cm³/mol. The van der Waals surface area contributed by atoms with E-state index in [0.29, 0.717) is 0 Å². The maximum absolute atomic E-state index is 6.46. The summed E-state index contributed by atoms with van der Waals surface area (Å²) in [5.41, 5.74) is 18.0. The Hall–Kier alpha value is -8.40. The van der Waals surface area contributed by atoms with E-state index in [2.05, 4.69) is 240 Å². The summed E-state index contributed by atoms with van der Waals surface area (Å²) in [6.07, 6.45) is 0. The van der Waals surface area contributed by atoms with Gasteiger partial charge >= 0.3 is 0 Å². The predicted octanol–water partition coefficient (Wildman–Crippen LogP) is 16.2. The number of benzene rings is 10. The fourth-order valence-corrected chi connectivity index (χ4v) is 10.9. The van der Waals surface area contributed by atoms with E-state index in [1.807, 2.05) is 12.1 Å². The SMILES string of the molecule is c1ccc(N(c2ccc3c(c2)oc2ccccc23)c2cccc3c2c2ccccc2n3-c2cccc(-c3cccc4c3-c3ccccc3C4(c3ccccc3)c3ccccc3)c2)cc1. The van der Waals surface area contributed by atoms with Crippen LogP contribution < -0.4 is 4.90 Å². The van der Waals surface area contributed by atoms with Crippen LogP contribution in [0.2, 0.25) is 0 Å². The molecule has 0 N–H and O–H groups in total. The van der Waals surface area contributed by atoms with Crippen LogP contribution in [-0.2, 0) is 5.41 Å². The van der Waals surface area contributed by atoms with E-state index in [1.54, 1.807) is 0 Å². The van der Waals surface area contributed by atoms with Crippen molar-refractivity contribution < 1.29 is 4.42 Å². The van der Waals surface area contributed by atoms with E-state index in [4.69, 9.17) is 4.42 Å². The highest BCUT2D eigenvalue weighted by molar-refractivity contribution is 6.17. The van der Waals surface area contributed by atoms with Gasteiger partial charge in [0.25, 0.3) is 0 Å². The van der Waals surface area contributed by atoms with Gasteiger partial charge < -0.3 is 13.9 Å². The van der Waals surface area contributed by atoms with Gasteiger partial charge in [-0.1, -0.05) is 176 Å². The fraction of sp³-hybridized carbons (Fsp3) is 0.0164. The highest BCUT2D eigenvalue weighted by Gasteiger charge is 2.46. The van der Waals surface area contributed by atoms with E-state index >= 15 is 0 Å². The zero-order chi connectivity index (χ0) is 42.2. The van der Waals surface area contributed by atoms with Gasteiger partial charge in [-0.25, -0.2) is 0 Å². The van der Waals surface area contributed by atoms with Gasteiger partial charge in [-0.3, -0.25) is 0 Å². The van der Waals surface area contributed by atoms with Crippen molar-refractivity contribution in [1.82, 2.24) is 4.57 Å². The molecule has 1 aliphatic carbocycles. The summed E-state index contributed by atoms with van der Waals surface area (Å²) < 4.78 is 8.90. The average molecular weight is 817 g/mol. The first kappa shape index (κ1) is 36.3. The molecule has 10 aromatic carbocycles. The van der Waals surface area contributed by atoms with Crippen molar-refractivity contribution in [1.29, 1.82) is 0 Å². The van der Waals surface area contributed by atoms with Crippen LogP contribution in [0.1, 0.15) is 22.3 Å². The van der Waals surface area contributed by atoms with Crippen LogP contribution in [0.5, 0.6) is 0 Å². The molecular formula is C61H40N2O. The van der Waals surface area contributed by atoms with Crippen LogP contribution in [0.15, 0.2) is 247 Å². The molecule has 0 saturated carbocycles. The number of fused-ring (bicyclic) bond motifs is 9. The Morgan fingerprint density at radius 3 is 1.81 bits per heavy atom. The average Bonchev–Trinajstić information content (AvgIpc) is 4.02. The third-order valence-electron chi connectivity index (χ3n) is 13.4. The van der Waals surface area contributed by atoms with Crippen LogP contribution in [0.3, 0.4) is 0 Å². The quantitative estimate of drug-likeness (QED) is 0.160. The summed E-state index contributed by atoms with van der Waals surface area (Å²) in [4.78, 5) is 2.37. The van der Waals surface area contributed by atoms with Gasteiger partial charge in [0.2, 0.25) is 0 Å². The summed E-state index contributed by atoms with van der Waals surface area (Å²) in [5.74, 6) is 0. The molecule has 0 saturated heterocycles. The number of rotatable bonds is 7. The van der Waals surface area contributed by atoms with Crippen molar-refractivity contribution in [2.24, 2.45) is 0 Å². The lowest BCUT2D eigenvalue weighted by Crippen LogP contribution is -2.28. The minimum atomic E-state index is -0.467. The molecule has 2 aromatic heterocycles. The molecule has 3 heteroatoms. The molecule has 13 rings (SSSR count). The summed E-state index contributed by atoms with van der Waals surface area (Å²) >= 11 is 0. The third kappa shape index (κ3) is 5.28. The van der Waals surface area contributed by atoms with Crippen LogP contribution >= 0.6 is 0 Å². The number of hydrogen-bond acceptors (Lipinski definition) is 2. The van der Waals surface area contributed by atoms with Crippen LogP contribution in [-0.4, -0.2) is 4.57 Å². The van der Waals surface area contributed by atoms with E-state index in [0.717, 1.165) is 55.7 Å². The zero-order valence-electron chi connectivity index (χ0n) is 34.9. The molecule has 0 atom stereocenters. The van der Waals surface area contributed by atoms with Gasteiger partial charge in [0.1, 0.15) is 11.2 Å². The Balaban J connectivity index is 1.02. The van der Waals surface area contributed by atoms with E-state index < -0.39 is 5.41 Å². The Bertz CT molecular complexity index is 3690. The van der Waals surface area contributed by atoms with Crippen molar-refractivity contribution >= 4 is 60.8 Å². The molecule has 300 valence electrons. The molecule has 0 bridgehead atoms. The molecule has 1 aliphatic rings. The monoisotopic (exact) mass is 816 g/mol. The summed E-state index contributed by atoms with van der Waals surface area (Å²) in [7, 11) is 0. The van der Waals surface area contributed by atoms with Crippen LogP contribution in [0.4, 0.5) is 17.1 Å².